The number of nitrogens with zero attached hydrogens (tertiary/aromatic N) is 2. The van der Waals surface area contributed by atoms with Crippen LogP contribution >= 0.6 is 0 Å². The highest BCUT2D eigenvalue weighted by molar-refractivity contribution is 5.41. The molecule has 1 unspecified atom stereocenters. The van der Waals surface area contributed by atoms with Crippen molar-refractivity contribution in [1.29, 1.82) is 0 Å². The van der Waals surface area contributed by atoms with Gasteiger partial charge in [0.1, 0.15) is 5.82 Å². The van der Waals surface area contributed by atoms with Gasteiger partial charge in [-0.3, -0.25) is 0 Å². The van der Waals surface area contributed by atoms with E-state index < -0.39 is 0 Å². The number of hydrogen-bond donors (Lipinski definition) is 2. The summed E-state index contributed by atoms with van der Waals surface area (Å²) in [6.07, 6.45) is 3.48. The lowest BCUT2D eigenvalue weighted by molar-refractivity contribution is 0.154. The molecule has 1 aliphatic heterocycles. The molecule has 3 N–H and O–H groups in total. The lowest BCUT2D eigenvalue weighted by atomic mass is 10.1. The number of aromatic nitrogens is 1. The summed E-state index contributed by atoms with van der Waals surface area (Å²) >= 11 is 0. The van der Waals surface area contributed by atoms with E-state index in [1.54, 1.807) is 6.20 Å². The van der Waals surface area contributed by atoms with Gasteiger partial charge in [-0.25, -0.2) is 4.98 Å². The Bertz CT molecular complexity index is 329. The third-order valence-electron chi connectivity index (χ3n) is 2.77. The van der Waals surface area contributed by atoms with Crippen molar-refractivity contribution in [3.05, 3.63) is 23.9 Å². The molecule has 4 nitrogen and oxygen atoms in total. The quantitative estimate of drug-likeness (QED) is 0.741. The summed E-state index contributed by atoms with van der Waals surface area (Å²) in [5.74, 6) is 0.928. The molecule has 15 heavy (non-hydrogen) atoms. The van der Waals surface area contributed by atoms with Crippen molar-refractivity contribution in [1.82, 2.24) is 4.98 Å². The Morgan fingerprint density at radius 2 is 2.47 bits per heavy atom. The smallest absolute Gasteiger partial charge is 0.128 e. The second-order valence-electron chi connectivity index (χ2n) is 3.97. The Kier molecular flexibility index (Phi) is 3.18. The summed E-state index contributed by atoms with van der Waals surface area (Å²) in [7, 11) is 0. The molecule has 2 rings (SSSR count). The molecule has 0 amide bonds. The van der Waals surface area contributed by atoms with Crippen LogP contribution in [0.2, 0.25) is 0 Å². The highest BCUT2D eigenvalue weighted by atomic mass is 16.3. The van der Waals surface area contributed by atoms with Gasteiger partial charge in [0.05, 0.1) is 6.10 Å². The summed E-state index contributed by atoms with van der Waals surface area (Å²) in [5.41, 5.74) is 6.66. The lowest BCUT2D eigenvalue weighted by Crippen LogP contribution is -2.38. The number of nitrogens with two attached hydrogens (primary N) is 1. The van der Waals surface area contributed by atoms with Gasteiger partial charge in [-0.1, -0.05) is 0 Å². The number of aliphatic hydroxyl groups is 1. The minimum atomic E-state index is -0.220. The Balaban J connectivity index is 2.13. The molecule has 1 aliphatic rings. The van der Waals surface area contributed by atoms with Gasteiger partial charge >= 0.3 is 0 Å². The molecular weight excluding hydrogens is 190 g/mol. The minimum Gasteiger partial charge on any atom is -0.391 e. The Hall–Kier alpha value is -1.13. The van der Waals surface area contributed by atoms with Crippen LogP contribution in [0.3, 0.4) is 0 Å². The van der Waals surface area contributed by atoms with E-state index >= 15 is 0 Å². The molecule has 82 valence electrons. The zero-order chi connectivity index (χ0) is 10.7. The van der Waals surface area contributed by atoms with E-state index in [9.17, 15) is 5.11 Å². The number of piperidine rings is 1. The van der Waals surface area contributed by atoms with Crippen molar-refractivity contribution in [3.63, 3.8) is 0 Å². The van der Waals surface area contributed by atoms with E-state index in [2.05, 4.69) is 9.88 Å². The third-order valence-corrected chi connectivity index (χ3v) is 2.77. The summed E-state index contributed by atoms with van der Waals surface area (Å²) < 4.78 is 0. The molecule has 1 aromatic heterocycles. The van der Waals surface area contributed by atoms with Crippen molar-refractivity contribution in [2.75, 3.05) is 18.0 Å². The monoisotopic (exact) mass is 207 g/mol. The van der Waals surface area contributed by atoms with Crippen molar-refractivity contribution < 1.29 is 5.11 Å². The van der Waals surface area contributed by atoms with Crippen LogP contribution in [-0.2, 0) is 6.54 Å². The van der Waals surface area contributed by atoms with Crippen molar-refractivity contribution in [3.8, 4) is 0 Å². The van der Waals surface area contributed by atoms with Crippen LogP contribution in [0.5, 0.6) is 0 Å². The second kappa shape index (κ2) is 4.59. The van der Waals surface area contributed by atoms with Crippen molar-refractivity contribution in [2.45, 2.75) is 25.5 Å². The maximum Gasteiger partial charge on any atom is 0.128 e. The number of anilines is 1. The van der Waals surface area contributed by atoms with Gasteiger partial charge in [0, 0.05) is 25.8 Å². The number of β-amino-alcohol motifs (C(OH)–C–C–N with tert-alkyl or cyclic N) is 1. The van der Waals surface area contributed by atoms with Crippen LogP contribution in [0.15, 0.2) is 18.3 Å². The molecule has 2 heterocycles. The van der Waals surface area contributed by atoms with Crippen molar-refractivity contribution in [2.24, 2.45) is 5.73 Å². The maximum absolute atomic E-state index is 9.57. The highest BCUT2D eigenvalue weighted by Gasteiger charge is 2.18. The molecule has 4 heteroatoms. The first kappa shape index (κ1) is 10.4. The average Bonchev–Trinajstić information content (AvgIpc) is 2.29. The van der Waals surface area contributed by atoms with Crippen LogP contribution in [-0.4, -0.2) is 29.3 Å². The first-order chi connectivity index (χ1) is 7.29. The molecule has 1 saturated heterocycles. The normalized spacial score (nSPS) is 21.7. The van der Waals surface area contributed by atoms with E-state index in [1.807, 2.05) is 12.1 Å². The summed E-state index contributed by atoms with van der Waals surface area (Å²) in [6.45, 7) is 2.19. The molecule has 0 aliphatic carbocycles. The van der Waals surface area contributed by atoms with Gasteiger partial charge in [0.15, 0.2) is 0 Å². The molecule has 0 aromatic carbocycles. The fourth-order valence-corrected chi connectivity index (χ4v) is 1.92. The van der Waals surface area contributed by atoms with Gasteiger partial charge in [0.2, 0.25) is 0 Å². The van der Waals surface area contributed by atoms with Crippen LogP contribution in [0, 0.1) is 0 Å². The Morgan fingerprint density at radius 1 is 1.60 bits per heavy atom. The SMILES string of the molecule is NCc1ccnc(N2CCCC(O)C2)c1. The molecule has 1 atom stereocenters. The van der Waals surface area contributed by atoms with E-state index in [0.717, 1.165) is 30.8 Å². The largest absolute Gasteiger partial charge is 0.391 e. The van der Waals surface area contributed by atoms with Gasteiger partial charge in [-0.2, -0.15) is 0 Å². The summed E-state index contributed by atoms with van der Waals surface area (Å²) in [6, 6.07) is 3.92. The van der Waals surface area contributed by atoms with E-state index in [0.29, 0.717) is 13.1 Å². The molecule has 0 radical (unpaired) electrons. The third kappa shape index (κ3) is 2.46. The van der Waals surface area contributed by atoms with Crippen LogP contribution < -0.4 is 10.6 Å². The summed E-state index contributed by atoms with van der Waals surface area (Å²) in [5, 5.41) is 9.57. The van der Waals surface area contributed by atoms with Crippen molar-refractivity contribution >= 4 is 5.82 Å². The zero-order valence-electron chi connectivity index (χ0n) is 8.76. The van der Waals surface area contributed by atoms with E-state index in [-0.39, 0.29) is 6.10 Å². The van der Waals surface area contributed by atoms with Gasteiger partial charge < -0.3 is 15.7 Å². The van der Waals surface area contributed by atoms with Gasteiger partial charge in [0.25, 0.3) is 0 Å². The highest BCUT2D eigenvalue weighted by Crippen LogP contribution is 2.18. The van der Waals surface area contributed by atoms with Gasteiger partial charge in [-0.05, 0) is 30.5 Å². The number of hydrogen-bond acceptors (Lipinski definition) is 4. The Morgan fingerprint density at radius 3 is 3.20 bits per heavy atom. The summed E-state index contributed by atoms with van der Waals surface area (Å²) in [4.78, 5) is 6.42. The lowest BCUT2D eigenvalue weighted by Gasteiger charge is -2.31. The molecular formula is C11H17N3O. The van der Waals surface area contributed by atoms with Gasteiger partial charge in [-0.15, -0.1) is 0 Å². The number of aliphatic hydroxyl groups excluding tert-OH is 1. The molecule has 0 bridgehead atoms. The minimum absolute atomic E-state index is 0.220. The maximum atomic E-state index is 9.57. The average molecular weight is 207 g/mol. The molecule has 0 spiro atoms. The first-order valence-corrected chi connectivity index (χ1v) is 5.37. The van der Waals surface area contributed by atoms with E-state index in [1.165, 1.54) is 0 Å². The van der Waals surface area contributed by atoms with Crippen LogP contribution in [0.25, 0.3) is 0 Å². The van der Waals surface area contributed by atoms with Crippen LogP contribution in [0.1, 0.15) is 18.4 Å². The van der Waals surface area contributed by atoms with Crippen LogP contribution in [0.4, 0.5) is 5.82 Å². The Labute approximate surface area is 89.7 Å². The zero-order valence-corrected chi connectivity index (χ0v) is 8.76. The predicted molar refractivity (Wildman–Crippen MR) is 59.6 cm³/mol. The first-order valence-electron chi connectivity index (χ1n) is 5.37. The molecule has 1 aromatic rings. The topological polar surface area (TPSA) is 62.4 Å². The molecule has 0 saturated carbocycles. The standard InChI is InChI=1S/C11H17N3O/c12-7-9-3-4-13-11(6-9)14-5-1-2-10(15)8-14/h3-4,6,10,15H,1-2,5,7-8,12H2. The van der Waals surface area contributed by atoms with E-state index in [4.69, 9.17) is 5.73 Å². The second-order valence-corrected chi connectivity index (χ2v) is 3.97. The molecule has 1 fully saturated rings. The number of rotatable bonds is 2. The number of pyridine rings is 1. The predicted octanol–water partition coefficient (Wildman–Crippen LogP) is 0.501. The fraction of sp³-hybridized carbons (Fsp3) is 0.545. The fourth-order valence-electron chi connectivity index (χ4n) is 1.92.